The fourth-order valence-electron chi connectivity index (χ4n) is 2.59. The monoisotopic (exact) mass is 333 g/mol. The van der Waals surface area contributed by atoms with E-state index in [2.05, 4.69) is 6.07 Å². The van der Waals surface area contributed by atoms with E-state index in [4.69, 9.17) is 9.15 Å². The van der Waals surface area contributed by atoms with Gasteiger partial charge in [-0.3, -0.25) is 4.79 Å². The van der Waals surface area contributed by atoms with E-state index >= 15 is 0 Å². The van der Waals surface area contributed by atoms with Crippen molar-refractivity contribution in [2.75, 3.05) is 26.3 Å². The van der Waals surface area contributed by atoms with Gasteiger partial charge in [-0.25, -0.2) is 0 Å². The molecule has 0 N–H and O–H groups in total. The summed E-state index contributed by atoms with van der Waals surface area (Å²) < 4.78 is 10.9. The highest BCUT2D eigenvalue weighted by Gasteiger charge is 2.21. The van der Waals surface area contributed by atoms with E-state index in [0.717, 1.165) is 0 Å². The molecule has 1 aromatic carbocycles. The van der Waals surface area contributed by atoms with Crippen molar-refractivity contribution in [3.63, 3.8) is 0 Å². The maximum atomic E-state index is 12.4. The normalized spacial score (nSPS) is 14.6. The van der Waals surface area contributed by atoms with Gasteiger partial charge in [0.25, 0.3) is 5.91 Å². The molecule has 0 atom stereocenters. The minimum Gasteiger partial charge on any atom is -0.457 e. The van der Waals surface area contributed by atoms with E-state index in [0.29, 0.717) is 49.0 Å². The fraction of sp³-hybridized carbons (Fsp3) is 0.211. The Morgan fingerprint density at radius 2 is 1.88 bits per heavy atom. The Hall–Kier alpha value is -3.35. The van der Waals surface area contributed by atoms with Crippen LogP contribution in [0.4, 0.5) is 0 Å². The number of carbonyl (C=O) groups excluding carboxylic acids is 1. The third-order valence-corrected chi connectivity index (χ3v) is 3.88. The quantitative estimate of drug-likeness (QED) is 0.636. The first-order chi connectivity index (χ1) is 12.2. The van der Waals surface area contributed by atoms with Crippen molar-refractivity contribution in [1.82, 2.24) is 4.90 Å². The standard InChI is InChI=1S/C19H15N3O3/c20-12-14-3-1-2-4-17(14)18-6-5-16(25-18)11-15(13-21)19(23)22-7-9-24-10-8-22/h1-6,11H,7-10H2/b15-11+. The van der Waals surface area contributed by atoms with Gasteiger partial charge in [0.1, 0.15) is 23.2 Å². The van der Waals surface area contributed by atoms with Crippen molar-refractivity contribution in [3.8, 4) is 23.5 Å². The summed E-state index contributed by atoms with van der Waals surface area (Å²) in [6, 6.07) is 14.5. The van der Waals surface area contributed by atoms with E-state index in [1.165, 1.54) is 6.08 Å². The number of nitriles is 2. The molecule has 1 saturated heterocycles. The maximum absolute atomic E-state index is 12.4. The Labute approximate surface area is 145 Å². The zero-order valence-corrected chi connectivity index (χ0v) is 13.4. The van der Waals surface area contributed by atoms with Crippen LogP contribution in [-0.2, 0) is 9.53 Å². The lowest BCUT2D eigenvalue weighted by Gasteiger charge is -2.26. The molecule has 1 amide bonds. The van der Waals surface area contributed by atoms with Gasteiger partial charge in [-0.1, -0.05) is 12.1 Å². The van der Waals surface area contributed by atoms with Gasteiger partial charge in [0.05, 0.1) is 24.8 Å². The van der Waals surface area contributed by atoms with E-state index in [-0.39, 0.29) is 11.5 Å². The molecule has 0 spiro atoms. The predicted molar refractivity (Wildman–Crippen MR) is 89.8 cm³/mol. The molecule has 2 heterocycles. The molecule has 0 aliphatic carbocycles. The van der Waals surface area contributed by atoms with E-state index in [1.807, 2.05) is 12.1 Å². The minimum atomic E-state index is -0.332. The van der Waals surface area contributed by atoms with Crippen LogP contribution < -0.4 is 0 Å². The first-order valence-electron chi connectivity index (χ1n) is 7.81. The smallest absolute Gasteiger partial charge is 0.264 e. The maximum Gasteiger partial charge on any atom is 0.264 e. The second kappa shape index (κ2) is 7.48. The van der Waals surface area contributed by atoms with Crippen molar-refractivity contribution in [1.29, 1.82) is 10.5 Å². The molecule has 0 bridgehead atoms. The summed E-state index contributed by atoms with van der Waals surface area (Å²) in [4.78, 5) is 14.0. The van der Waals surface area contributed by atoms with Crippen molar-refractivity contribution in [2.24, 2.45) is 0 Å². The van der Waals surface area contributed by atoms with E-state index < -0.39 is 0 Å². The number of morpholine rings is 1. The number of hydrogen-bond acceptors (Lipinski definition) is 5. The topological polar surface area (TPSA) is 90.3 Å². The number of nitrogens with zero attached hydrogens (tertiary/aromatic N) is 3. The summed E-state index contributed by atoms with van der Waals surface area (Å²) in [5.41, 5.74) is 1.18. The Kier molecular flexibility index (Phi) is 4.94. The highest BCUT2D eigenvalue weighted by molar-refractivity contribution is 6.01. The molecule has 1 aliphatic heterocycles. The molecule has 1 aliphatic rings. The number of rotatable bonds is 3. The lowest BCUT2D eigenvalue weighted by molar-refractivity contribution is -0.130. The molecule has 3 rings (SSSR count). The predicted octanol–water partition coefficient (Wildman–Crippen LogP) is 2.58. The zero-order valence-electron chi connectivity index (χ0n) is 13.4. The number of hydrogen-bond donors (Lipinski definition) is 0. The Bertz CT molecular complexity index is 893. The Balaban J connectivity index is 1.86. The van der Waals surface area contributed by atoms with Crippen LogP contribution in [0.3, 0.4) is 0 Å². The highest BCUT2D eigenvalue weighted by Crippen LogP contribution is 2.26. The molecular weight excluding hydrogens is 318 g/mol. The molecule has 0 saturated carbocycles. The lowest BCUT2D eigenvalue weighted by Crippen LogP contribution is -2.41. The second-order valence-corrected chi connectivity index (χ2v) is 5.43. The number of benzene rings is 1. The third kappa shape index (κ3) is 3.60. The molecule has 1 aromatic heterocycles. The van der Waals surface area contributed by atoms with Crippen LogP contribution in [0.15, 0.2) is 46.4 Å². The SMILES string of the molecule is N#C/C(=C\c1ccc(-c2ccccc2C#N)o1)C(=O)N1CCOCC1. The van der Waals surface area contributed by atoms with Crippen molar-refractivity contribution in [3.05, 3.63) is 53.3 Å². The lowest BCUT2D eigenvalue weighted by atomic mass is 10.1. The Morgan fingerprint density at radius 3 is 2.60 bits per heavy atom. The summed E-state index contributed by atoms with van der Waals surface area (Å²) in [7, 11) is 0. The molecule has 0 unspecified atom stereocenters. The van der Waals surface area contributed by atoms with Gasteiger partial charge in [-0.05, 0) is 24.3 Å². The van der Waals surface area contributed by atoms with E-state index in [1.54, 1.807) is 35.2 Å². The van der Waals surface area contributed by atoms with Gasteiger partial charge in [0, 0.05) is 24.7 Å². The minimum absolute atomic E-state index is 0.0105. The molecule has 1 fully saturated rings. The fourth-order valence-corrected chi connectivity index (χ4v) is 2.59. The van der Waals surface area contributed by atoms with Crippen LogP contribution in [0.25, 0.3) is 17.4 Å². The van der Waals surface area contributed by atoms with Crippen LogP contribution in [0, 0.1) is 22.7 Å². The number of ether oxygens (including phenoxy) is 1. The van der Waals surface area contributed by atoms with Crippen molar-refractivity contribution < 1.29 is 13.9 Å². The summed E-state index contributed by atoms with van der Waals surface area (Å²) in [5, 5.41) is 18.5. The van der Waals surface area contributed by atoms with Crippen molar-refractivity contribution in [2.45, 2.75) is 0 Å². The number of furan rings is 1. The largest absolute Gasteiger partial charge is 0.457 e. The Morgan fingerprint density at radius 1 is 1.12 bits per heavy atom. The average Bonchev–Trinajstić information content (AvgIpc) is 3.14. The molecule has 6 nitrogen and oxygen atoms in total. The summed E-state index contributed by atoms with van der Waals surface area (Å²) in [5.74, 6) is 0.571. The first kappa shape index (κ1) is 16.5. The van der Waals surface area contributed by atoms with Gasteiger partial charge < -0.3 is 14.1 Å². The molecule has 6 heteroatoms. The van der Waals surface area contributed by atoms with E-state index in [9.17, 15) is 15.3 Å². The van der Waals surface area contributed by atoms with Gasteiger partial charge in [-0.2, -0.15) is 10.5 Å². The number of carbonyl (C=O) groups is 1. The van der Waals surface area contributed by atoms with Crippen molar-refractivity contribution >= 4 is 12.0 Å². The van der Waals surface area contributed by atoms with Gasteiger partial charge in [0.2, 0.25) is 0 Å². The van der Waals surface area contributed by atoms with Crippen LogP contribution in [0.2, 0.25) is 0 Å². The zero-order chi connectivity index (χ0) is 17.6. The molecule has 124 valence electrons. The van der Waals surface area contributed by atoms with Crippen LogP contribution in [-0.4, -0.2) is 37.1 Å². The number of amides is 1. The second-order valence-electron chi connectivity index (χ2n) is 5.43. The third-order valence-electron chi connectivity index (χ3n) is 3.88. The molecule has 2 aromatic rings. The summed E-state index contributed by atoms with van der Waals surface area (Å²) in [6.07, 6.45) is 1.43. The summed E-state index contributed by atoms with van der Waals surface area (Å²) in [6.45, 7) is 1.88. The van der Waals surface area contributed by atoms with Crippen LogP contribution in [0.1, 0.15) is 11.3 Å². The average molecular weight is 333 g/mol. The van der Waals surface area contributed by atoms with Crippen LogP contribution >= 0.6 is 0 Å². The highest BCUT2D eigenvalue weighted by atomic mass is 16.5. The van der Waals surface area contributed by atoms with Crippen LogP contribution in [0.5, 0.6) is 0 Å². The molecule has 0 radical (unpaired) electrons. The van der Waals surface area contributed by atoms with Gasteiger partial charge in [-0.15, -0.1) is 0 Å². The molecule has 25 heavy (non-hydrogen) atoms. The van der Waals surface area contributed by atoms with Gasteiger partial charge >= 0.3 is 0 Å². The molecular formula is C19H15N3O3. The van der Waals surface area contributed by atoms with Gasteiger partial charge in [0.15, 0.2) is 0 Å². The first-order valence-corrected chi connectivity index (χ1v) is 7.81. The summed E-state index contributed by atoms with van der Waals surface area (Å²) >= 11 is 0.